The van der Waals surface area contributed by atoms with Gasteiger partial charge in [0.25, 0.3) is 0 Å². The zero-order chi connectivity index (χ0) is 33.7. The number of pyridine rings is 1. The van der Waals surface area contributed by atoms with Gasteiger partial charge in [-0.1, -0.05) is 103 Å². The molecule has 0 atom stereocenters. The molecule has 4 nitrogen and oxygen atoms in total. The van der Waals surface area contributed by atoms with Crippen molar-refractivity contribution in [2.24, 2.45) is 0 Å². The molecule has 0 unspecified atom stereocenters. The summed E-state index contributed by atoms with van der Waals surface area (Å²) < 4.78 is 8.47. The molecule has 0 aliphatic carbocycles. The Hall–Kier alpha value is -6.91. The molecule has 0 saturated heterocycles. The summed E-state index contributed by atoms with van der Waals surface area (Å²) in [5.74, 6) is 0. The van der Waals surface area contributed by atoms with E-state index in [4.69, 9.17) is 4.42 Å². The van der Waals surface area contributed by atoms with Crippen molar-refractivity contribution in [1.82, 2.24) is 9.55 Å². The molecule has 240 valence electrons. The van der Waals surface area contributed by atoms with Gasteiger partial charge in [-0.15, -0.1) is 0 Å². The molecule has 0 aliphatic rings. The molecule has 0 aliphatic heterocycles. The molecule has 0 N–H and O–H groups in total. The van der Waals surface area contributed by atoms with Crippen LogP contribution in [0.4, 0.5) is 17.1 Å². The summed E-state index contributed by atoms with van der Waals surface area (Å²) >= 11 is 0. The Morgan fingerprint density at radius 2 is 1.00 bits per heavy atom. The van der Waals surface area contributed by atoms with Gasteiger partial charge in [0.15, 0.2) is 5.58 Å². The fourth-order valence-corrected chi connectivity index (χ4v) is 7.54. The second-order valence-corrected chi connectivity index (χ2v) is 12.8. The predicted molar refractivity (Wildman–Crippen MR) is 211 cm³/mol. The van der Waals surface area contributed by atoms with Crippen molar-refractivity contribution in [3.05, 3.63) is 188 Å². The molecule has 3 heterocycles. The number of hydrogen-bond acceptors (Lipinski definition) is 3. The van der Waals surface area contributed by atoms with Crippen molar-refractivity contribution in [2.75, 3.05) is 4.90 Å². The van der Waals surface area contributed by atoms with Crippen LogP contribution in [-0.4, -0.2) is 9.55 Å². The Balaban J connectivity index is 0.985. The van der Waals surface area contributed by atoms with Crippen LogP contribution in [0.25, 0.3) is 71.7 Å². The highest BCUT2D eigenvalue weighted by Crippen LogP contribution is 2.40. The smallest absolute Gasteiger partial charge is 0.153 e. The predicted octanol–water partition coefficient (Wildman–Crippen LogP) is 12.9. The van der Waals surface area contributed by atoms with Gasteiger partial charge < -0.3 is 13.9 Å². The highest BCUT2D eigenvalue weighted by Gasteiger charge is 2.16. The maximum Gasteiger partial charge on any atom is 0.153 e. The van der Waals surface area contributed by atoms with Gasteiger partial charge in [0.05, 0.1) is 17.2 Å². The third-order valence-corrected chi connectivity index (χ3v) is 9.92. The van der Waals surface area contributed by atoms with E-state index in [0.29, 0.717) is 0 Å². The van der Waals surface area contributed by atoms with Crippen LogP contribution in [0.3, 0.4) is 0 Å². The highest BCUT2D eigenvalue weighted by atomic mass is 16.3. The van der Waals surface area contributed by atoms with Gasteiger partial charge in [-0.3, -0.25) is 4.98 Å². The zero-order valence-corrected chi connectivity index (χ0v) is 27.6. The maximum atomic E-state index is 6.12. The first kappa shape index (κ1) is 29.0. The van der Waals surface area contributed by atoms with Gasteiger partial charge in [-0.05, 0) is 95.1 Å². The summed E-state index contributed by atoms with van der Waals surface area (Å²) in [5.41, 5.74) is 13.2. The second kappa shape index (κ2) is 11.9. The van der Waals surface area contributed by atoms with Gasteiger partial charge >= 0.3 is 0 Å². The number of nitrogens with zero attached hydrogens (tertiary/aromatic N) is 3. The maximum absolute atomic E-state index is 6.12. The number of fused-ring (bicyclic) bond motifs is 6. The van der Waals surface area contributed by atoms with E-state index >= 15 is 0 Å². The Morgan fingerprint density at radius 3 is 1.67 bits per heavy atom. The first-order chi connectivity index (χ1) is 25.3. The monoisotopic (exact) mass is 653 g/mol. The quantitative estimate of drug-likeness (QED) is 0.179. The summed E-state index contributed by atoms with van der Waals surface area (Å²) in [6.07, 6.45) is 3.61. The van der Waals surface area contributed by atoms with E-state index < -0.39 is 0 Å². The lowest BCUT2D eigenvalue weighted by Crippen LogP contribution is -2.09. The van der Waals surface area contributed by atoms with Crippen LogP contribution in [0.5, 0.6) is 0 Å². The lowest BCUT2D eigenvalue weighted by Gasteiger charge is -2.26. The molecule has 0 spiro atoms. The Bertz CT molecular complexity index is 2780. The first-order valence-electron chi connectivity index (χ1n) is 17.2. The van der Waals surface area contributed by atoms with Crippen molar-refractivity contribution in [3.63, 3.8) is 0 Å². The van der Waals surface area contributed by atoms with Crippen molar-refractivity contribution >= 4 is 60.8 Å². The van der Waals surface area contributed by atoms with E-state index in [2.05, 4.69) is 178 Å². The SMILES string of the molecule is c1ccc(N(c2ccc(-c3ccc(-n4c5ccccc5c5ccccc54)cc3)cc2)c2ccc(-c3cccc4oc5cnccc5c34)cc2)cc1. The minimum atomic E-state index is 0.800. The van der Waals surface area contributed by atoms with Gasteiger partial charge in [0, 0.05) is 50.5 Å². The molecular formula is C47H31N3O. The Labute approximate surface area is 295 Å². The summed E-state index contributed by atoms with van der Waals surface area (Å²) in [6.45, 7) is 0. The standard InChI is InChI=1S/C47H31N3O/c1-2-9-35(10-3-1)49(37-27-21-34(22-28-37)39-13-8-16-45-47(39)42-29-30-48-31-46(42)51-45)36-23-17-32(18-24-36)33-19-25-38(26-20-33)50-43-14-6-4-11-40(43)41-12-5-7-15-44(41)50/h1-31H. The number of furan rings is 1. The molecule has 0 saturated carbocycles. The largest absolute Gasteiger partial charge is 0.454 e. The molecule has 0 bridgehead atoms. The van der Waals surface area contributed by atoms with E-state index in [1.54, 1.807) is 6.20 Å². The minimum Gasteiger partial charge on any atom is -0.454 e. The van der Waals surface area contributed by atoms with Crippen LogP contribution in [0, 0.1) is 0 Å². The molecule has 7 aromatic carbocycles. The van der Waals surface area contributed by atoms with Gasteiger partial charge in [-0.25, -0.2) is 0 Å². The van der Waals surface area contributed by atoms with E-state index in [9.17, 15) is 0 Å². The summed E-state index contributed by atoms with van der Waals surface area (Å²) in [4.78, 5) is 6.56. The lowest BCUT2D eigenvalue weighted by atomic mass is 9.99. The fourth-order valence-electron chi connectivity index (χ4n) is 7.54. The molecule has 0 fully saturated rings. The van der Waals surface area contributed by atoms with Crippen molar-refractivity contribution in [3.8, 4) is 27.9 Å². The molecule has 0 radical (unpaired) electrons. The van der Waals surface area contributed by atoms with Crippen molar-refractivity contribution < 1.29 is 4.42 Å². The fraction of sp³-hybridized carbons (Fsp3) is 0. The molecule has 4 heteroatoms. The second-order valence-electron chi connectivity index (χ2n) is 12.8. The number of aromatic nitrogens is 2. The molecule has 10 rings (SSSR count). The number of rotatable bonds is 6. The zero-order valence-electron chi connectivity index (χ0n) is 27.6. The van der Waals surface area contributed by atoms with Crippen LogP contribution in [-0.2, 0) is 0 Å². The minimum absolute atomic E-state index is 0.800. The Morgan fingerprint density at radius 1 is 0.431 bits per heavy atom. The topological polar surface area (TPSA) is 34.2 Å². The van der Waals surface area contributed by atoms with Crippen LogP contribution < -0.4 is 4.90 Å². The molecule has 0 amide bonds. The first-order valence-corrected chi connectivity index (χ1v) is 17.2. The van der Waals surface area contributed by atoms with Crippen LogP contribution >= 0.6 is 0 Å². The van der Waals surface area contributed by atoms with Crippen molar-refractivity contribution in [2.45, 2.75) is 0 Å². The van der Waals surface area contributed by atoms with Gasteiger partial charge in [0.2, 0.25) is 0 Å². The summed E-state index contributed by atoms with van der Waals surface area (Å²) in [6, 6.07) is 62.6. The number of para-hydroxylation sites is 3. The normalized spacial score (nSPS) is 11.5. The van der Waals surface area contributed by atoms with Gasteiger partial charge in [-0.2, -0.15) is 0 Å². The van der Waals surface area contributed by atoms with E-state index in [0.717, 1.165) is 55.8 Å². The van der Waals surface area contributed by atoms with E-state index in [-0.39, 0.29) is 0 Å². The number of hydrogen-bond donors (Lipinski definition) is 0. The molecule has 51 heavy (non-hydrogen) atoms. The lowest BCUT2D eigenvalue weighted by molar-refractivity contribution is 0.667. The average Bonchev–Trinajstić information content (AvgIpc) is 3.75. The van der Waals surface area contributed by atoms with Gasteiger partial charge in [0.1, 0.15) is 5.58 Å². The number of benzene rings is 7. The molecule has 3 aromatic heterocycles. The summed E-state index contributed by atoms with van der Waals surface area (Å²) in [5, 5.41) is 4.73. The molecular weight excluding hydrogens is 623 g/mol. The third kappa shape index (κ3) is 4.88. The average molecular weight is 654 g/mol. The van der Waals surface area contributed by atoms with E-state index in [1.807, 2.05) is 18.3 Å². The highest BCUT2D eigenvalue weighted by molar-refractivity contribution is 6.12. The third-order valence-electron chi connectivity index (χ3n) is 9.92. The summed E-state index contributed by atoms with van der Waals surface area (Å²) in [7, 11) is 0. The Kier molecular flexibility index (Phi) is 6.78. The van der Waals surface area contributed by atoms with Crippen LogP contribution in [0.2, 0.25) is 0 Å². The molecule has 10 aromatic rings. The van der Waals surface area contributed by atoms with Crippen LogP contribution in [0.1, 0.15) is 0 Å². The van der Waals surface area contributed by atoms with E-state index in [1.165, 1.54) is 32.9 Å². The van der Waals surface area contributed by atoms with Crippen molar-refractivity contribution in [1.29, 1.82) is 0 Å². The number of anilines is 3. The van der Waals surface area contributed by atoms with Crippen LogP contribution in [0.15, 0.2) is 193 Å².